The van der Waals surface area contributed by atoms with E-state index in [2.05, 4.69) is 0 Å². The third-order valence-electron chi connectivity index (χ3n) is 4.55. The van der Waals surface area contributed by atoms with Crippen molar-refractivity contribution in [1.29, 1.82) is 0 Å². The van der Waals surface area contributed by atoms with Gasteiger partial charge in [0.2, 0.25) is 5.88 Å². The van der Waals surface area contributed by atoms with E-state index in [1.807, 2.05) is 25.1 Å². The van der Waals surface area contributed by atoms with Crippen LogP contribution in [-0.2, 0) is 9.59 Å². The lowest BCUT2D eigenvalue weighted by Crippen LogP contribution is -2.35. The van der Waals surface area contributed by atoms with Crippen LogP contribution in [0.15, 0.2) is 48.0 Å². The number of para-hydroxylation sites is 2. The molecule has 0 aromatic heterocycles. The Morgan fingerprint density at radius 1 is 1.17 bits per heavy atom. The van der Waals surface area contributed by atoms with Gasteiger partial charge in [0, 0.05) is 31.6 Å². The number of carboxylic acid groups (broad SMARTS) is 1. The summed E-state index contributed by atoms with van der Waals surface area (Å²) in [7, 11) is 0. The van der Waals surface area contributed by atoms with Crippen molar-refractivity contribution in [3.63, 3.8) is 0 Å². The zero-order valence-corrected chi connectivity index (χ0v) is 16.9. The van der Waals surface area contributed by atoms with Crippen molar-refractivity contribution in [2.45, 2.75) is 19.8 Å². The highest BCUT2D eigenvalue weighted by atomic mass is 32.1. The number of nitrogens with zero attached hydrogens (tertiary/aromatic N) is 3. The van der Waals surface area contributed by atoms with E-state index in [1.165, 1.54) is 4.90 Å². The molecule has 1 fully saturated rings. The zero-order chi connectivity index (χ0) is 21.0. The number of benzene rings is 1. The summed E-state index contributed by atoms with van der Waals surface area (Å²) in [4.78, 5) is 28.5. The van der Waals surface area contributed by atoms with Gasteiger partial charge < -0.3 is 29.5 Å². The molecule has 0 radical (unpaired) electrons. The Morgan fingerprint density at radius 2 is 1.93 bits per heavy atom. The average Bonchev–Trinajstić information content (AvgIpc) is 3.16. The van der Waals surface area contributed by atoms with Crippen LogP contribution in [0.4, 0.5) is 5.69 Å². The van der Waals surface area contributed by atoms with Crippen molar-refractivity contribution in [2.75, 3.05) is 31.1 Å². The Hall–Kier alpha value is -2.91. The minimum Gasteiger partial charge on any atom is -0.550 e. The fourth-order valence-corrected chi connectivity index (χ4v) is 3.61. The third-order valence-corrected chi connectivity index (χ3v) is 4.99. The van der Waals surface area contributed by atoms with Gasteiger partial charge in [-0.05, 0) is 36.8 Å². The molecule has 1 saturated heterocycles. The van der Waals surface area contributed by atoms with Crippen LogP contribution < -0.4 is 14.7 Å². The van der Waals surface area contributed by atoms with E-state index >= 15 is 0 Å². The third kappa shape index (κ3) is 4.25. The summed E-state index contributed by atoms with van der Waals surface area (Å²) >= 11 is 5.39. The summed E-state index contributed by atoms with van der Waals surface area (Å²) in [6.45, 7) is 2.67. The maximum atomic E-state index is 12.8. The molecule has 1 N–H and O–H groups in total. The van der Waals surface area contributed by atoms with Gasteiger partial charge in [0.1, 0.15) is 5.70 Å². The first-order chi connectivity index (χ1) is 14.0. The number of aliphatic carboxylic acids is 1. The van der Waals surface area contributed by atoms with Gasteiger partial charge in [0.05, 0.1) is 18.8 Å². The van der Waals surface area contributed by atoms with Gasteiger partial charge in [-0.1, -0.05) is 19.1 Å². The first-order valence-electron chi connectivity index (χ1n) is 9.38. The standard InChI is InChI=1S/C20H23N3O5S/c1-2-10-22-15(19(27)23(12-13-24)20(22)29)7-8-17-21(11-9-18(25)26)14-5-3-4-6-16(14)28-17/h3-8,24H,2,9-13H2,1H3,(H,25,26)/p-1/b15-7-,17-8+. The summed E-state index contributed by atoms with van der Waals surface area (Å²) in [5.74, 6) is -0.421. The van der Waals surface area contributed by atoms with Crippen LogP contribution >= 0.6 is 12.2 Å². The van der Waals surface area contributed by atoms with Crippen LogP contribution in [0.1, 0.15) is 19.8 Å². The molecular weight excluding hydrogens is 394 g/mol. The summed E-state index contributed by atoms with van der Waals surface area (Å²) in [5.41, 5.74) is 1.14. The van der Waals surface area contributed by atoms with Crippen LogP contribution in [0, 0.1) is 0 Å². The van der Waals surface area contributed by atoms with Gasteiger partial charge in [-0.25, -0.2) is 0 Å². The number of anilines is 1. The molecule has 8 nitrogen and oxygen atoms in total. The second kappa shape index (κ2) is 9.06. The van der Waals surface area contributed by atoms with E-state index in [4.69, 9.17) is 17.0 Å². The smallest absolute Gasteiger partial charge is 0.276 e. The maximum absolute atomic E-state index is 12.8. The predicted molar refractivity (Wildman–Crippen MR) is 109 cm³/mol. The van der Waals surface area contributed by atoms with Gasteiger partial charge in [-0.3, -0.25) is 9.69 Å². The fraction of sp³-hybridized carbons (Fsp3) is 0.350. The molecule has 0 bridgehead atoms. The number of aliphatic hydroxyl groups excluding tert-OH is 1. The normalized spacial score (nSPS) is 18.8. The van der Waals surface area contributed by atoms with E-state index in [9.17, 15) is 19.8 Å². The molecule has 0 saturated carbocycles. The number of fused-ring (bicyclic) bond motifs is 1. The van der Waals surface area contributed by atoms with E-state index in [0.717, 1.165) is 12.1 Å². The highest BCUT2D eigenvalue weighted by Gasteiger charge is 2.37. The number of hydrogen-bond donors (Lipinski definition) is 1. The SMILES string of the molecule is CCCN1C(=S)N(CCO)C(=O)/C1=C/C=C1/Oc2ccccc2N1CCC(=O)[O-]. The lowest BCUT2D eigenvalue weighted by Gasteiger charge is -2.19. The first kappa shape index (κ1) is 20.8. The number of carbonyl (C=O) groups excluding carboxylic acids is 2. The van der Waals surface area contributed by atoms with Gasteiger partial charge in [0.15, 0.2) is 10.9 Å². The van der Waals surface area contributed by atoms with Crippen LogP contribution in [0.25, 0.3) is 0 Å². The number of ether oxygens (including phenoxy) is 1. The van der Waals surface area contributed by atoms with Gasteiger partial charge in [-0.15, -0.1) is 0 Å². The largest absolute Gasteiger partial charge is 0.550 e. The zero-order valence-electron chi connectivity index (χ0n) is 16.0. The molecule has 2 aliphatic rings. The van der Waals surface area contributed by atoms with Crippen LogP contribution in [-0.4, -0.2) is 58.1 Å². The Kier molecular flexibility index (Phi) is 6.50. The molecule has 9 heteroatoms. The van der Waals surface area contributed by atoms with E-state index in [1.54, 1.807) is 28.0 Å². The van der Waals surface area contributed by atoms with Crippen molar-refractivity contribution in [2.24, 2.45) is 0 Å². The Bertz CT molecular complexity index is 883. The summed E-state index contributed by atoms with van der Waals surface area (Å²) in [6, 6.07) is 7.29. The second-order valence-corrected chi connectivity index (χ2v) is 6.88. The van der Waals surface area contributed by atoms with Crippen molar-refractivity contribution in [3.05, 3.63) is 48.0 Å². The summed E-state index contributed by atoms with van der Waals surface area (Å²) in [6.07, 6.45) is 3.87. The molecule has 0 unspecified atom stereocenters. The Morgan fingerprint density at radius 3 is 2.62 bits per heavy atom. The van der Waals surface area contributed by atoms with E-state index < -0.39 is 5.97 Å². The fourth-order valence-electron chi connectivity index (χ4n) is 3.25. The summed E-state index contributed by atoms with van der Waals surface area (Å²) in [5, 5.41) is 20.5. The highest BCUT2D eigenvalue weighted by molar-refractivity contribution is 7.80. The predicted octanol–water partition coefficient (Wildman–Crippen LogP) is 0.582. The molecule has 1 amide bonds. The first-order valence-corrected chi connectivity index (χ1v) is 9.79. The monoisotopic (exact) mass is 416 g/mol. The lowest BCUT2D eigenvalue weighted by atomic mass is 10.2. The minimum atomic E-state index is -1.16. The molecule has 0 spiro atoms. The molecule has 2 heterocycles. The number of rotatable bonds is 8. The average molecular weight is 416 g/mol. The quantitative estimate of drug-likeness (QED) is 0.486. The van der Waals surface area contributed by atoms with Crippen LogP contribution in [0.5, 0.6) is 5.75 Å². The van der Waals surface area contributed by atoms with Gasteiger partial charge in [0.25, 0.3) is 5.91 Å². The van der Waals surface area contributed by atoms with Gasteiger partial charge >= 0.3 is 0 Å². The summed E-state index contributed by atoms with van der Waals surface area (Å²) < 4.78 is 5.86. The maximum Gasteiger partial charge on any atom is 0.276 e. The molecular formula is C20H22N3O5S-. The second-order valence-electron chi connectivity index (χ2n) is 6.51. The van der Waals surface area contributed by atoms with Crippen molar-refractivity contribution >= 4 is 34.9 Å². The number of thiocarbonyl (C=S) groups is 1. The molecule has 2 aliphatic heterocycles. The van der Waals surface area contributed by atoms with E-state index in [0.29, 0.717) is 29.0 Å². The number of allylic oxidation sites excluding steroid dienone is 2. The minimum absolute atomic E-state index is 0.130. The Balaban J connectivity index is 1.92. The number of hydrogen-bond acceptors (Lipinski definition) is 7. The lowest BCUT2D eigenvalue weighted by molar-refractivity contribution is -0.305. The van der Waals surface area contributed by atoms with Crippen molar-refractivity contribution in [1.82, 2.24) is 9.80 Å². The van der Waals surface area contributed by atoms with Gasteiger partial charge in [-0.2, -0.15) is 0 Å². The van der Waals surface area contributed by atoms with Crippen molar-refractivity contribution in [3.8, 4) is 5.75 Å². The highest BCUT2D eigenvalue weighted by Crippen LogP contribution is 2.38. The van der Waals surface area contributed by atoms with Crippen LogP contribution in [0.2, 0.25) is 0 Å². The molecule has 0 atom stereocenters. The number of carboxylic acids is 1. The number of β-amino-alcohol motifs (C(OH)–C–C–N with tert-alkyl or cyclic N) is 1. The molecule has 1 aromatic carbocycles. The molecule has 3 rings (SSSR count). The van der Waals surface area contributed by atoms with E-state index in [-0.39, 0.29) is 32.0 Å². The molecule has 29 heavy (non-hydrogen) atoms. The molecule has 0 aliphatic carbocycles. The molecule has 154 valence electrons. The van der Waals surface area contributed by atoms with Crippen molar-refractivity contribution < 1.29 is 24.5 Å². The van der Waals surface area contributed by atoms with Crippen LogP contribution in [0.3, 0.4) is 0 Å². The number of carbonyl (C=O) groups is 2. The number of aliphatic hydroxyl groups is 1. The number of amides is 1. The Labute approximate surface area is 174 Å². The topological polar surface area (TPSA) is 96.4 Å². The molecule has 1 aromatic rings.